The number of aliphatic hydroxyl groups is 2. The van der Waals surface area contributed by atoms with Gasteiger partial charge in [-0.05, 0) is 19.4 Å². The second kappa shape index (κ2) is 12.0. The average Bonchev–Trinajstić information content (AvgIpc) is 2.05. The number of aliphatic hydroxyl groups excluding tert-OH is 2. The molecular weight excluding hydrogens is 140 g/mol. The van der Waals surface area contributed by atoms with Gasteiger partial charge >= 0.3 is 0 Å². The summed E-state index contributed by atoms with van der Waals surface area (Å²) >= 11 is 0. The minimum absolute atomic E-state index is 0.468. The second-order valence-electron chi connectivity index (χ2n) is 1.88. The summed E-state index contributed by atoms with van der Waals surface area (Å²) < 4.78 is 0. The third-order valence-corrected chi connectivity index (χ3v) is 1.00. The fourth-order valence-electron chi connectivity index (χ4n) is 0.558. The van der Waals surface area contributed by atoms with E-state index in [1.54, 1.807) is 0 Å². The number of allylic oxidation sites excluding steroid dienone is 3. The summed E-state index contributed by atoms with van der Waals surface area (Å²) in [5.74, 6) is 0.468. The maximum atomic E-state index is 8.99. The topological polar surface area (TPSA) is 40.5 Å². The summed E-state index contributed by atoms with van der Waals surface area (Å²) in [5, 5.41) is 16.0. The second-order valence-corrected chi connectivity index (χ2v) is 1.88. The van der Waals surface area contributed by atoms with Crippen molar-refractivity contribution >= 4 is 0 Å². The van der Waals surface area contributed by atoms with Crippen LogP contribution in [0.4, 0.5) is 0 Å². The third-order valence-electron chi connectivity index (χ3n) is 1.00. The first-order chi connectivity index (χ1) is 5.31. The van der Waals surface area contributed by atoms with Crippen molar-refractivity contribution in [3.05, 3.63) is 24.0 Å². The van der Waals surface area contributed by atoms with E-state index in [1.165, 1.54) is 0 Å². The molecule has 0 unspecified atom stereocenters. The molecule has 0 atom stereocenters. The molecule has 2 N–H and O–H groups in total. The molecule has 0 radical (unpaired) electrons. The maximum absolute atomic E-state index is 8.99. The third kappa shape index (κ3) is 12.4. The monoisotopic (exact) mass is 158 g/mol. The Morgan fingerprint density at radius 2 is 1.91 bits per heavy atom. The average molecular weight is 158 g/mol. The highest BCUT2D eigenvalue weighted by atomic mass is 16.3. The zero-order chi connectivity index (χ0) is 9.11. The molecule has 0 aliphatic heterocycles. The highest BCUT2D eigenvalue weighted by molar-refractivity contribution is 4.97. The van der Waals surface area contributed by atoms with Gasteiger partial charge in [-0.3, -0.25) is 0 Å². The molecule has 0 aromatic carbocycles. The number of rotatable bonds is 3. The number of hydrogen-bond acceptors (Lipinski definition) is 2. The molecule has 0 aromatic rings. The van der Waals surface area contributed by atoms with Crippen LogP contribution in [0, 0.1) is 0 Å². The molecule has 66 valence electrons. The predicted octanol–water partition coefficient (Wildman–Crippen LogP) is 2.41. The van der Waals surface area contributed by atoms with E-state index in [1.807, 2.05) is 32.1 Å². The molecule has 0 aliphatic carbocycles. The van der Waals surface area contributed by atoms with Crippen molar-refractivity contribution in [2.75, 3.05) is 7.11 Å². The zero-order valence-electron chi connectivity index (χ0n) is 7.54. The van der Waals surface area contributed by atoms with E-state index in [0.717, 1.165) is 13.5 Å². The smallest absolute Gasteiger partial charge is 0.0920 e. The van der Waals surface area contributed by atoms with Gasteiger partial charge in [0.2, 0.25) is 0 Å². The van der Waals surface area contributed by atoms with Gasteiger partial charge in [-0.1, -0.05) is 19.1 Å². The lowest BCUT2D eigenvalue weighted by Gasteiger charge is -1.90. The van der Waals surface area contributed by atoms with Crippen molar-refractivity contribution in [3.63, 3.8) is 0 Å². The van der Waals surface area contributed by atoms with Crippen LogP contribution < -0.4 is 0 Å². The molecule has 0 saturated carbocycles. The zero-order valence-corrected chi connectivity index (χ0v) is 7.54. The van der Waals surface area contributed by atoms with Gasteiger partial charge in [0.15, 0.2) is 0 Å². The normalized spacial score (nSPS) is 11.1. The van der Waals surface area contributed by atoms with Crippen LogP contribution in [0.1, 0.15) is 26.7 Å². The largest absolute Gasteiger partial charge is 0.512 e. The molecule has 0 fully saturated rings. The standard InChI is InChI=1S/C8H14O.CH4O/c1-3-5-7-8(9)6-4-2;1-2/h3,5-6,9H,4,7H2,1-2H3;2H,1H3/b5-3-,8-6-;. The molecular formula is C9H18O2. The molecule has 0 bridgehead atoms. The van der Waals surface area contributed by atoms with Crippen LogP contribution >= 0.6 is 0 Å². The van der Waals surface area contributed by atoms with Crippen LogP contribution in [-0.4, -0.2) is 17.3 Å². The summed E-state index contributed by atoms with van der Waals surface area (Å²) in [6.07, 6.45) is 7.26. The molecule has 0 rings (SSSR count). The van der Waals surface area contributed by atoms with Gasteiger partial charge in [0.25, 0.3) is 0 Å². The van der Waals surface area contributed by atoms with Crippen LogP contribution in [-0.2, 0) is 0 Å². The minimum Gasteiger partial charge on any atom is -0.512 e. The van der Waals surface area contributed by atoms with Crippen molar-refractivity contribution in [3.8, 4) is 0 Å². The molecule has 0 spiro atoms. The summed E-state index contributed by atoms with van der Waals surface area (Å²) in [7, 11) is 1.00. The maximum Gasteiger partial charge on any atom is 0.0920 e. The van der Waals surface area contributed by atoms with Crippen molar-refractivity contribution in [1.29, 1.82) is 0 Å². The Kier molecular flexibility index (Phi) is 14.0. The van der Waals surface area contributed by atoms with E-state index in [9.17, 15) is 0 Å². The highest BCUT2D eigenvalue weighted by Gasteiger charge is 1.83. The fraction of sp³-hybridized carbons (Fsp3) is 0.556. The fourth-order valence-corrected chi connectivity index (χ4v) is 0.558. The van der Waals surface area contributed by atoms with Crippen molar-refractivity contribution in [2.45, 2.75) is 26.7 Å². The van der Waals surface area contributed by atoms with Gasteiger partial charge in [-0.25, -0.2) is 0 Å². The van der Waals surface area contributed by atoms with Crippen LogP contribution in [0.2, 0.25) is 0 Å². The first-order valence-corrected chi connectivity index (χ1v) is 3.75. The van der Waals surface area contributed by atoms with Crippen LogP contribution in [0.25, 0.3) is 0 Å². The Bertz CT molecular complexity index is 115. The van der Waals surface area contributed by atoms with E-state index in [-0.39, 0.29) is 0 Å². The van der Waals surface area contributed by atoms with Gasteiger partial charge in [0.05, 0.1) is 5.76 Å². The Morgan fingerprint density at radius 1 is 1.36 bits per heavy atom. The molecule has 2 nitrogen and oxygen atoms in total. The lowest BCUT2D eigenvalue weighted by atomic mass is 10.3. The van der Waals surface area contributed by atoms with Crippen molar-refractivity contribution in [2.24, 2.45) is 0 Å². The van der Waals surface area contributed by atoms with E-state index in [0.29, 0.717) is 12.2 Å². The summed E-state index contributed by atoms with van der Waals surface area (Å²) in [4.78, 5) is 0. The van der Waals surface area contributed by atoms with Crippen LogP contribution in [0.15, 0.2) is 24.0 Å². The summed E-state index contributed by atoms with van der Waals surface area (Å²) in [6.45, 7) is 3.95. The van der Waals surface area contributed by atoms with Crippen LogP contribution in [0.3, 0.4) is 0 Å². The van der Waals surface area contributed by atoms with Gasteiger partial charge in [-0.2, -0.15) is 0 Å². The lowest BCUT2D eigenvalue weighted by molar-refractivity contribution is 0.398. The van der Waals surface area contributed by atoms with Gasteiger partial charge in [-0.15, -0.1) is 0 Å². The Labute approximate surface area is 68.9 Å². The molecule has 0 heterocycles. The van der Waals surface area contributed by atoms with Crippen molar-refractivity contribution in [1.82, 2.24) is 0 Å². The van der Waals surface area contributed by atoms with Crippen molar-refractivity contribution < 1.29 is 10.2 Å². The number of hydrogen-bond donors (Lipinski definition) is 2. The molecule has 11 heavy (non-hydrogen) atoms. The van der Waals surface area contributed by atoms with E-state index in [2.05, 4.69) is 0 Å². The van der Waals surface area contributed by atoms with E-state index < -0.39 is 0 Å². The lowest BCUT2D eigenvalue weighted by Crippen LogP contribution is -1.75. The minimum atomic E-state index is 0.468. The molecule has 2 heteroatoms. The van der Waals surface area contributed by atoms with E-state index >= 15 is 0 Å². The Balaban J connectivity index is 0. The molecule has 0 aliphatic rings. The molecule has 0 aromatic heterocycles. The molecule has 0 amide bonds. The predicted molar refractivity (Wildman–Crippen MR) is 48.6 cm³/mol. The summed E-state index contributed by atoms with van der Waals surface area (Å²) in [5.41, 5.74) is 0. The highest BCUT2D eigenvalue weighted by Crippen LogP contribution is 1.98. The summed E-state index contributed by atoms with van der Waals surface area (Å²) in [6, 6.07) is 0. The Morgan fingerprint density at radius 3 is 2.27 bits per heavy atom. The van der Waals surface area contributed by atoms with Gasteiger partial charge < -0.3 is 10.2 Å². The van der Waals surface area contributed by atoms with Gasteiger partial charge in [0, 0.05) is 13.5 Å². The van der Waals surface area contributed by atoms with E-state index in [4.69, 9.17) is 10.2 Å². The molecule has 0 saturated heterocycles. The first-order valence-electron chi connectivity index (χ1n) is 3.75. The van der Waals surface area contributed by atoms with Crippen LogP contribution in [0.5, 0.6) is 0 Å². The van der Waals surface area contributed by atoms with Gasteiger partial charge in [0.1, 0.15) is 0 Å². The quantitative estimate of drug-likeness (QED) is 0.489. The first kappa shape index (κ1) is 12.9. The Hall–Kier alpha value is -0.760. The SMILES string of the molecule is C/C=C\C/C(O)=C/CC.CO.